The quantitative estimate of drug-likeness (QED) is 0.185. The third-order valence-corrected chi connectivity index (χ3v) is 7.05. The summed E-state index contributed by atoms with van der Waals surface area (Å²) in [4.78, 5) is 17.6. The van der Waals surface area contributed by atoms with Crippen molar-refractivity contribution in [3.8, 4) is 0 Å². The number of halogens is 3. The van der Waals surface area contributed by atoms with Gasteiger partial charge >= 0.3 is 14.0 Å². The highest BCUT2D eigenvalue weighted by Crippen LogP contribution is 2.41. The zero-order valence-corrected chi connectivity index (χ0v) is 19.3. The van der Waals surface area contributed by atoms with E-state index in [1.807, 2.05) is 0 Å². The van der Waals surface area contributed by atoms with Gasteiger partial charge in [0.05, 0.1) is 30.8 Å². The second-order valence-electron chi connectivity index (χ2n) is 9.29. The molecule has 1 fully saturated rings. The molecule has 188 valence electrons. The fourth-order valence-electron chi connectivity index (χ4n) is 4.56. The van der Waals surface area contributed by atoms with E-state index in [4.69, 9.17) is 20.3 Å². The van der Waals surface area contributed by atoms with Crippen LogP contribution in [-0.2, 0) is 13.8 Å². The first kappa shape index (κ1) is 27.8. The molecule has 3 atom stereocenters. The molecule has 0 amide bonds. The lowest BCUT2D eigenvalue weighted by Crippen LogP contribution is -2.48. The Morgan fingerprint density at radius 3 is 2.47 bits per heavy atom. The Morgan fingerprint density at radius 1 is 1.19 bits per heavy atom. The Labute approximate surface area is 187 Å². The number of hydrogen-bond acceptors (Lipinski definition) is 5. The lowest BCUT2D eigenvalue weighted by molar-refractivity contribution is -0.208. The van der Waals surface area contributed by atoms with E-state index in [0.717, 1.165) is 12.8 Å². The molecule has 0 aromatic rings. The lowest BCUT2D eigenvalue weighted by Gasteiger charge is -2.34. The molecule has 2 aliphatic rings. The van der Waals surface area contributed by atoms with Crippen molar-refractivity contribution in [3.63, 3.8) is 0 Å². The molecule has 2 rings (SSSR count). The standard InChI is InChI=1S/C21H37F3NO6P/c22-21(23,24)18-13-17(10-11-20(25,14-26)15-31-32(27,28)29)8-9-19(18)30-12-4-7-16-5-2-1-3-6-16/h8,16,18-19,26H,1-7,9-15,25H2,(H2,27,28,29). The molecule has 7 nitrogen and oxygen atoms in total. The molecule has 2 aliphatic carbocycles. The molecule has 0 bridgehead atoms. The maximum Gasteiger partial charge on any atom is 0.469 e. The fraction of sp³-hybridized carbons (Fsp3) is 0.905. The summed E-state index contributed by atoms with van der Waals surface area (Å²) in [6.45, 7) is -0.890. The molecular formula is C21H37F3NO6P. The molecule has 0 spiro atoms. The van der Waals surface area contributed by atoms with Crippen LogP contribution in [0.5, 0.6) is 0 Å². The third-order valence-electron chi connectivity index (χ3n) is 6.58. The van der Waals surface area contributed by atoms with E-state index >= 15 is 0 Å². The summed E-state index contributed by atoms with van der Waals surface area (Å²) in [7, 11) is -4.77. The number of phosphoric ester groups is 1. The smallest absolute Gasteiger partial charge is 0.394 e. The first-order valence-electron chi connectivity index (χ1n) is 11.4. The summed E-state index contributed by atoms with van der Waals surface area (Å²) < 4.78 is 62.0. The number of aliphatic hydroxyl groups is 1. The van der Waals surface area contributed by atoms with E-state index in [1.54, 1.807) is 6.08 Å². The molecule has 0 radical (unpaired) electrons. The molecule has 5 N–H and O–H groups in total. The maximum absolute atomic E-state index is 13.7. The lowest BCUT2D eigenvalue weighted by atomic mass is 9.82. The predicted molar refractivity (Wildman–Crippen MR) is 114 cm³/mol. The van der Waals surface area contributed by atoms with Crippen LogP contribution < -0.4 is 5.73 Å². The summed E-state index contributed by atoms with van der Waals surface area (Å²) in [5, 5.41) is 9.47. The second kappa shape index (κ2) is 12.3. The average molecular weight is 487 g/mol. The number of nitrogens with two attached hydrogens (primary N) is 1. The van der Waals surface area contributed by atoms with Crippen molar-refractivity contribution < 1.29 is 41.9 Å². The van der Waals surface area contributed by atoms with Crippen LogP contribution in [0.15, 0.2) is 11.6 Å². The van der Waals surface area contributed by atoms with E-state index in [2.05, 4.69) is 4.52 Å². The van der Waals surface area contributed by atoms with Crippen molar-refractivity contribution in [2.75, 3.05) is 19.8 Å². The van der Waals surface area contributed by atoms with Crippen LogP contribution >= 0.6 is 7.82 Å². The molecule has 32 heavy (non-hydrogen) atoms. The number of alkyl halides is 3. The highest BCUT2D eigenvalue weighted by Gasteiger charge is 2.46. The maximum atomic E-state index is 13.7. The molecular weight excluding hydrogens is 450 g/mol. The molecule has 0 saturated heterocycles. The van der Waals surface area contributed by atoms with Gasteiger partial charge in [0.15, 0.2) is 0 Å². The molecule has 0 aliphatic heterocycles. The van der Waals surface area contributed by atoms with Gasteiger partial charge in [0.25, 0.3) is 0 Å². The van der Waals surface area contributed by atoms with Crippen molar-refractivity contribution >= 4 is 7.82 Å². The number of allylic oxidation sites excluding steroid dienone is 1. The van der Waals surface area contributed by atoms with E-state index in [9.17, 15) is 22.8 Å². The predicted octanol–water partition coefficient (Wildman–Crippen LogP) is 4.21. The zero-order chi connectivity index (χ0) is 23.8. The van der Waals surface area contributed by atoms with E-state index in [1.165, 1.54) is 32.1 Å². The zero-order valence-electron chi connectivity index (χ0n) is 18.4. The Hall–Kier alpha value is -0.480. The normalized spacial score (nSPS) is 25.4. The van der Waals surface area contributed by atoms with Gasteiger partial charge < -0.3 is 25.4 Å². The van der Waals surface area contributed by atoms with Gasteiger partial charge in [0, 0.05) is 6.61 Å². The molecule has 11 heteroatoms. The second-order valence-corrected chi connectivity index (χ2v) is 10.5. The van der Waals surface area contributed by atoms with Crippen molar-refractivity contribution in [1.82, 2.24) is 0 Å². The minimum Gasteiger partial charge on any atom is -0.394 e. The van der Waals surface area contributed by atoms with Crippen LogP contribution in [0, 0.1) is 11.8 Å². The first-order valence-corrected chi connectivity index (χ1v) is 12.9. The van der Waals surface area contributed by atoms with Gasteiger partial charge in [-0.1, -0.05) is 43.8 Å². The van der Waals surface area contributed by atoms with Gasteiger partial charge in [0.1, 0.15) is 0 Å². The van der Waals surface area contributed by atoms with Gasteiger partial charge in [-0.25, -0.2) is 4.57 Å². The largest absolute Gasteiger partial charge is 0.469 e. The highest BCUT2D eigenvalue weighted by atomic mass is 31.2. The summed E-state index contributed by atoms with van der Waals surface area (Å²) >= 11 is 0. The van der Waals surface area contributed by atoms with E-state index in [-0.39, 0.29) is 25.7 Å². The molecule has 0 heterocycles. The van der Waals surface area contributed by atoms with E-state index in [0.29, 0.717) is 18.1 Å². The number of aliphatic hydroxyl groups excluding tert-OH is 1. The van der Waals surface area contributed by atoms with Crippen LogP contribution in [0.1, 0.15) is 70.6 Å². The van der Waals surface area contributed by atoms with Gasteiger partial charge in [-0.05, 0) is 44.4 Å². The highest BCUT2D eigenvalue weighted by molar-refractivity contribution is 7.46. The average Bonchev–Trinajstić information content (AvgIpc) is 2.74. The van der Waals surface area contributed by atoms with Crippen LogP contribution in [0.4, 0.5) is 13.2 Å². The number of rotatable bonds is 12. The van der Waals surface area contributed by atoms with Crippen molar-refractivity contribution in [2.45, 2.75) is 88.4 Å². The summed E-state index contributed by atoms with van der Waals surface area (Å²) in [5.74, 6) is -0.939. The van der Waals surface area contributed by atoms with Crippen LogP contribution in [0.25, 0.3) is 0 Å². The summed E-state index contributed by atoms with van der Waals surface area (Å²) in [6, 6.07) is 0. The van der Waals surface area contributed by atoms with Crippen LogP contribution in [0.2, 0.25) is 0 Å². The molecule has 0 aromatic carbocycles. The van der Waals surface area contributed by atoms with Gasteiger partial charge in [-0.3, -0.25) is 4.52 Å². The Kier molecular flexibility index (Phi) is 10.7. The first-order chi connectivity index (χ1) is 14.9. The minimum atomic E-state index is -4.77. The molecule has 3 unspecified atom stereocenters. The van der Waals surface area contributed by atoms with E-state index < -0.39 is 44.8 Å². The molecule has 0 aromatic heterocycles. The van der Waals surface area contributed by atoms with Crippen LogP contribution in [0.3, 0.4) is 0 Å². The number of ether oxygens (including phenoxy) is 1. The van der Waals surface area contributed by atoms with Crippen molar-refractivity contribution in [3.05, 3.63) is 11.6 Å². The van der Waals surface area contributed by atoms with Crippen molar-refractivity contribution in [2.24, 2.45) is 17.6 Å². The topological polar surface area (TPSA) is 122 Å². The summed E-state index contributed by atoms with van der Waals surface area (Å²) in [6.07, 6.45) is 4.50. The minimum absolute atomic E-state index is 0.0345. The SMILES string of the molecule is NC(CO)(CCC1=CCC(OCCCC2CCCCC2)C(C(F)(F)F)C1)COP(=O)(O)O. The number of phosphoric acid groups is 1. The van der Waals surface area contributed by atoms with Gasteiger partial charge in [-0.2, -0.15) is 13.2 Å². The summed E-state index contributed by atoms with van der Waals surface area (Å²) in [5.41, 5.74) is 5.01. The molecule has 1 saturated carbocycles. The Balaban J connectivity index is 1.86. The fourth-order valence-corrected chi connectivity index (χ4v) is 4.99. The third kappa shape index (κ3) is 9.79. The number of hydrogen-bond donors (Lipinski definition) is 4. The Bertz CT molecular complexity index is 650. The van der Waals surface area contributed by atoms with Crippen molar-refractivity contribution in [1.29, 1.82) is 0 Å². The monoisotopic (exact) mass is 487 g/mol. The van der Waals surface area contributed by atoms with Crippen LogP contribution in [-0.4, -0.2) is 52.5 Å². The van der Waals surface area contributed by atoms with Gasteiger partial charge in [0.2, 0.25) is 0 Å². The van der Waals surface area contributed by atoms with Gasteiger partial charge in [-0.15, -0.1) is 0 Å². The Morgan fingerprint density at radius 2 is 1.88 bits per heavy atom.